The molecular formula is C27H34N8O7S2. The third kappa shape index (κ3) is 6.54. The first-order valence-electron chi connectivity index (χ1n) is 14.1. The highest BCUT2D eigenvalue weighted by Gasteiger charge is 2.39. The van der Waals surface area contributed by atoms with Crippen LogP contribution in [-0.4, -0.2) is 101 Å². The van der Waals surface area contributed by atoms with E-state index in [9.17, 15) is 22.8 Å². The van der Waals surface area contributed by atoms with E-state index in [4.69, 9.17) is 15.7 Å². The van der Waals surface area contributed by atoms with Gasteiger partial charge < -0.3 is 36.2 Å². The number of thiazole rings is 1. The minimum absolute atomic E-state index is 0.0105. The number of esters is 1. The number of amides is 2. The molecule has 0 bridgehead atoms. The van der Waals surface area contributed by atoms with Crippen molar-refractivity contribution in [2.24, 2.45) is 10.9 Å². The highest BCUT2D eigenvalue weighted by molar-refractivity contribution is 7.89. The van der Waals surface area contributed by atoms with Gasteiger partial charge in [0.25, 0.3) is 15.9 Å². The Kier molecular flexibility index (Phi) is 9.19. The zero-order valence-corrected chi connectivity index (χ0v) is 25.8. The number of piperazine rings is 1. The first-order valence-corrected chi connectivity index (χ1v) is 16.3. The van der Waals surface area contributed by atoms with Gasteiger partial charge in [0, 0.05) is 66.4 Å². The predicted octanol–water partition coefficient (Wildman–Crippen LogP) is 0.338. The topological polar surface area (TPSA) is 212 Å². The maximum atomic E-state index is 13.8. The van der Waals surface area contributed by atoms with Gasteiger partial charge in [-0.05, 0) is 38.1 Å². The molecule has 2 unspecified atom stereocenters. The molecule has 1 saturated heterocycles. The lowest BCUT2D eigenvalue weighted by Gasteiger charge is -2.40. The number of rotatable bonds is 9. The highest BCUT2D eigenvalue weighted by Crippen LogP contribution is 2.29. The Morgan fingerprint density at radius 3 is 2.82 bits per heavy atom. The van der Waals surface area contributed by atoms with E-state index in [2.05, 4.69) is 25.8 Å². The van der Waals surface area contributed by atoms with Crippen LogP contribution in [0.5, 0.6) is 0 Å². The molecule has 2 aromatic heterocycles. The quantitative estimate of drug-likeness (QED) is 0.0707. The van der Waals surface area contributed by atoms with Crippen molar-refractivity contribution in [3.63, 3.8) is 0 Å². The number of nitrogens with one attached hydrogen (secondary N) is 3. The molecule has 3 aromatic rings. The van der Waals surface area contributed by atoms with Gasteiger partial charge in [0.1, 0.15) is 11.6 Å². The number of oxime groups is 1. The number of nitrogens with two attached hydrogens (primary N) is 1. The molecule has 1 fully saturated rings. The van der Waals surface area contributed by atoms with Gasteiger partial charge in [0.05, 0.1) is 18.3 Å². The Balaban J connectivity index is 1.39. The van der Waals surface area contributed by atoms with Gasteiger partial charge in [-0.2, -0.15) is 4.31 Å². The first-order chi connectivity index (χ1) is 21.0. The average molecular weight is 647 g/mol. The van der Waals surface area contributed by atoms with Crippen LogP contribution < -0.4 is 16.4 Å². The summed E-state index contributed by atoms with van der Waals surface area (Å²) in [4.78, 5) is 48.4. The summed E-state index contributed by atoms with van der Waals surface area (Å²) in [6.45, 7) is 3.98. The number of aromatic amines is 1. The molecule has 0 saturated carbocycles. The van der Waals surface area contributed by atoms with Crippen molar-refractivity contribution < 1.29 is 32.7 Å². The largest absolute Gasteiger partial charge is 0.465 e. The fraction of sp³-hybridized carbons (Fsp3) is 0.444. The molecule has 44 heavy (non-hydrogen) atoms. The molecule has 0 spiro atoms. The van der Waals surface area contributed by atoms with Gasteiger partial charge in [-0.15, -0.1) is 11.3 Å². The van der Waals surface area contributed by atoms with Crippen LogP contribution >= 0.6 is 11.3 Å². The second-order valence-electron chi connectivity index (χ2n) is 10.6. The normalized spacial score (nSPS) is 19.5. The number of benzene rings is 1. The van der Waals surface area contributed by atoms with Crippen molar-refractivity contribution in [2.45, 2.75) is 50.3 Å². The maximum Gasteiger partial charge on any atom is 0.325 e. The summed E-state index contributed by atoms with van der Waals surface area (Å²) in [6.07, 6.45) is 0.451. The Morgan fingerprint density at radius 2 is 2.07 bits per heavy atom. The zero-order chi connectivity index (χ0) is 31.6. The number of hydrogen-bond donors (Lipinski definition) is 5. The summed E-state index contributed by atoms with van der Waals surface area (Å²) in [7, 11) is -4.08. The van der Waals surface area contributed by atoms with Crippen LogP contribution in [0.2, 0.25) is 0 Å². The monoisotopic (exact) mass is 646 g/mol. The lowest BCUT2D eigenvalue weighted by Crippen LogP contribution is -2.57. The minimum Gasteiger partial charge on any atom is -0.465 e. The van der Waals surface area contributed by atoms with E-state index in [1.165, 1.54) is 26.6 Å². The Hall–Kier alpha value is -4.06. The minimum atomic E-state index is -4.08. The number of carbonyl (C=O) groups is 3. The molecule has 6 N–H and O–H groups in total. The Bertz CT molecular complexity index is 1720. The maximum absolute atomic E-state index is 13.8. The van der Waals surface area contributed by atoms with Crippen LogP contribution in [0.4, 0.5) is 0 Å². The van der Waals surface area contributed by atoms with Crippen molar-refractivity contribution in [1.82, 2.24) is 29.8 Å². The second-order valence-corrected chi connectivity index (χ2v) is 13.6. The zero-order valence-electron chi connectivity index (χ0n) is 24.2. The fourth-order valence-corrected chi connectivity index (χ4v) is 7.76. The molecule has 2 aliphatic heterocycles. The van der Waals surface area contributed by atoms with Crippen LogP contribution in [0.15, 0.2) is 34.4 Å². The number of ether oxygens (including phenoxy) is 1. The first kappa shape index (κ1) is 31.4. The molecule has 15 nitrogen and oxygen atoms in total. The number of nitrogens with zero attached hydrogens (tertiary/aromatic N) is 4. The standard InChI is InChI=1S/C27H34N8O7S2/c1-3-42-24(37)13-30-22(36)11-18-14-34(6-7-35(18)27(38)26-32-20-8-15(2)29-12-21(20)43-26)44(40,41)23-10-17-9-16(25(28)33-39)4-5-19(17)31-23/h4-5,9-10,15,18,29,31,39H,3,6-8,11-14H2,1-2H3,(H2,28,33)(H,30,36). The average Bonchev–Trinajstić information content (AvgIpc) is 3.63. The van der Waals surface area contributed by atoms with Crippen LogP contribution in [0.25, 0.3) is 10.9 Å². The van der Waals surface area contributed by atoms with E-state index >= 15 is 0 Å². The second kappa shape index (κ2) is 12.9. The smallest absolute Gasteiger partial charge is 0.325 e. The van der Waals surface area contributed by atoms with E-state index in [1.54, 1.807) is 25.1 Å². The van der Waals surface area contributed by atoms with Gasteiger partial charge in [0.2, 0.25) is 5.91 Å². The predicted molar refractivity (Wildman–Crippen MR) is 161 cm³/mol. The molecular weight excluding hydrogens is 612 g/mol. The molecule has 17 heteroatoms. The van der Waals surface area contributed by atoms with Crippen molar-refractivity contribution in [3.8, 4) is 0 Å². The number of hydrogen-bond acceptors (Lipinski definition) is 11. The summed E-state index contributed by atoms with van der Waals surface area (Å²) >= 11 is 1.29. The molecule has 2 amide bonds. The molecule has 2 atom stereocenters. The molecule has 236 valence electrons. The van der Waals surface area contributed by atoms with E-state index < -0.39 is 27.9 Å². The molecule has 5 rings (SSSR count). The SMILES string of the molecule is CCOC(=O)CNC(=O)CC1CN(S(=O)(=O)c2cc3cc(/C(N)=N/O)ccc3[nH]2)CCN1C(=O)c1nc2c(s1)CNC(C)C2. The van der Waals surface area contributed by atoms with Gasteiger partial charge in [-0.25, -0.2) is 13.4 Å². The van der Waals surface area contributed by atoms with Gasteiger partial charge in [0.15, 0.2) is 10.8 Å². The molecule has 0 aliphatic carbocycles. The Morgan fingerprint density at radius 1 is 1.27 bits per heavy atom. The van der Waals surface area contributed by atoms with E-state index in [0.29, 0.717) is 29.4 Å². The number of carbonyl (C=O) groups excluding carboxylic acids is 3. The molecule has 2 aliphatic rings. The van der Waals surface area contributed by atoms with Crippen LogP contribution in [0.1, 0.15) is 46.2 Å². The lowest BCUT2D eigenvalue weighted by molar-refractivity contribution is -0.143. The Labute approximate surface area is 257 Å². The third-order valence-electron chi connectivity index (χ3n) is 7.55. The number of fused-ring (bicyclic) bond motifs is 2. The van der Waals surface area contributed by atoms with E-state index in [0.717, 1.165) is 10.6 Å². The summed E-state index contributed by atoms with van der Waals surface area (Å²) in [5.41, 5.74) is 7.49. The summed E-state index contributed by atoms with van der Waals surface area (Å²) < 4.78 is 33.7. The number of amidine groups is 1. The van der Waals surface area contributed by atoms with E-state index in [-0.39, 0.29) is 67.0 Å². The van der Waals surface area contributed by atoms with Gasteiger partial charge >= 0.3 is 5.97 Å². The number of H-pyrrole nitrogens is 1. The summed E-state index contributed by atoms with van der Waals surface area (Å²) in [5.74, 6) is -1.63. The van der Waals surface area contributed by atoms with Crippen LogP contribution in [0.3, 0.4) is 0 Å². The molecule has 0 radical (unpaired) electrons. The number of aromatic nitrogens is 2. The highest BCUT2D eigenvalue weighted by atomic mass is 32.2. The van der Waals surface area contributed by atoms with Crippen molar-refractivity contribution in [2.75, 3.05) is 32.8 Å². The summed E-state index contributed by atoms with van der Waals surface area (Å²) in [5, 5.41) is 18.6. The van der Waals surface area contributed by atoms with Crippen LogP contribution in [0, 0.1) is 0 Å². The summed E-state index contributed by atoms with van der Waals surface area (Å²) in [6, 6.07) is 5.66. The van der Waals surface area contributed by atoms with E-state index in [1.807, 2.05) is 6.92 Å². The van der Waals surface area contributed by atoms with Gasteiger partial charge in [-0.1, -0.05) is 5.16 Å². The third-order valence-corrected chi connectivity index (χ3v) is 10.4. The van der Waals surface area contributed by atoms with Crippen molar-refractivity contribution in [3.05, 3.63) is 45.4 Å². The molecule has 1 aromatic carbocycles. The lowest BCUT2D eigenvalue weighted by atomic mass is 10.1. The van der Waals surface area contributed by atoms with Crippen molar-refractivity contribution in [1.29, 1.82) is 0 Å². The number of sulfonamides is 1. The fourth-order valence-electron chi connectivity index (χ4n) is 5.28. The van der Waals surface area contributed by atoms with Gasteiger partial charge in [-0.3, -0.25) is 14.4 Å². The van der Waals surface area contributed by atoms with Crippen LogP contribution in [-0.2, 0) is 37.3 Å². The van der Waals surface area contributed by atoms with Crippen molar-refractivity contribution >= 4 is 55.9 Å². The molecule has 4 heterocycles.